The first-order valence-corrected chi connectivity index (χ1v) is 12.1. The number of hydrogen-bond donors (Lipinski definition) is 2. The van der Waals surface area contributed by atoms with Crippen LogP contribution in [0.15, 0.2) is 18.3 Å². The van der Waals surface area contributed by atoms with Gasteiger partial charge in [0.2, 0.25) is 5.88 Å². The molecule has 1 aromatic rings. The topological polar surface area (TPSA) is 95.0 Å². The van der Waals surface area contributed by atoms with E-state index < -0.39 is 0 Å². The molecular weight excluding hydrogens is 420 g/mol. The summed E-state index contributed by atoms with van der Waals surface area (Å²) in [7, 11) is 1.77. The Kier molecular flexibility index (Phi) is 8.72. The molecular formula is C25H38N4O4. The van der Waals surface area contributed by atoms with E-state index in [1.165, 1.54) is 6.42 Å². The molecule has 3 rings (SSSR count). The Morgan fingerprint density at radius 3 is 2.79 bits per heavy atom. The smallest absolute Gasteiger partial charge is 0.317 e. The van der Waals surface area contributed by atoms with Crippen LogP contribution in [0, 0.1) is 5.92 Å². The molecule has 1 aliphatic heterocycles. The van der Waals surface area contributed by atoms with E-state index in [2.05, 4.69) is 10.3 Å². The van der Waals surface area contributed by atoms with Gasteiger partial charge in [-0.15, -0.1) is 0 Å². The van der Waals surface area contributed by atoms with Crippen LogP contribution in [0.2, 0.25) is 0 Å². The highest BCUT2D eigenvalue weighted by Gasteiger charge is 2.34. The Morgan fingerprint density at radius 1 is 1.39 bits per heavy atom. The maximum atomic E-state index is 13.3. The number of allylic oxidation sites excluding steroid dienone is 1. The number of likely N-dealkylation sites (N-methyl/N-ethyl adjacent to an activating group) is 1. The van der Waals surface area contributed by atoms with Gasteiger partial charge in [-0.1, -0.05) is 38.3 Å². The van der Waals surface area contributed by atoms with Gasteiger partial charge in [0, 0.05) is 31.7 Å². The summed E-state index contributed by atoms with van der Waals surface area (Å²) in [6.45, 7) is 6.38. The van der Waals surface area contributed by atoms with E-state index in [9.17, 15) is 14.7 Å². The zero-order valence-corrected chi connectivity index (χ0v) is 20.3. The normalized spacial score (nSPS) is 22.8. The fourth-order valence-corrected chi connectivity index (χ4v) is 4.50. The lowest BCUT2D eigenvalue weighted by Crippen LogP contribution is -2.52. The molecule has 3 amide bonds. The van der Waals surface area contributed by atoms with Crippen molar-refractivity contribution in [2.75, 3.05) is 26.7 Å². The maximum Gasteiger partial charge on any atom is 0.317 e. The first-order chi connectivity index (χ1) is 15.8. The third-order valence-corrected chi connectivity index (χ3v) is 6.63. The number of nitrogens with one attached hydrogen (secondary N) is 1. The molecule has 0 saturated heterocycles. The van der Waals surface area contributed by atoms with E-state index in [0.29, 0.717) is 18.7 Å². The van der Waals surface area contributed by atoms with Crippen LogP contribution in [0.3, 0.4) is 0 Å². The third kappa shape index (κ3) is 6.25. The number of amides is 3. The number of aromatic nitrogens is 1. The first-order valence-electron chi connectivity index (χ1n) is 12.1. The summed E-state index contributed by atoms with van der Waals surface area (Å²) in [4.78, 5) is 33.9. The molecule has 1 saturated carbocycles. The van der Waals surface area contributed by atoms with Crippen LogP contribution >= 0.6 is 0 Å². The number of nitrogens with zero attached hydrogens (tertiary/aromatic N) is 3. The molecule has 3 atom stereocenters. The summed E-state index contributed by atoms with van der Waals surface area (Å²) in [5.74, 6) is -0.0156. The second-order valence-electron chi connectivity index (χ2n) is 9.41. The summed E-state index contributed by atoms with van der Waals surface area (Å²) in [6.07, 6.45) is 10.7. The van der Waals surface area contributed by atoms with Crippen LogP contribution in [-0.2, 0) is 0 Å². The van der Waals surface area contributed by atoms with Gasteiger partial charge in [0.15, 0.2) is 0 Å². The van der Waals surface area contributed by atoms with Crippen LogP contribution < -0.4 is 10.1 Å². The van der Waals surface area contributed by atoms with Gasteiger partial charge in [-0.25, -0.2) is 9.78 Å². The van der Waals surface area contributed by atoms with Crippen molar-refractivity contribution < 1.29 is 19.4 Å². The standard InChI is InChI=1S/C25H38N4O4/c1-5-9-19-12-21-23(26-13-19)33-22(17(2)14-29(24(21)31)18(3)16-30)15-28(4)25(32)27-20-10-7-6-8-11-20/h5,9,12-13,17-18,20,22,30H,6-8,10-11,14-16H2,1-4H3,(H,27,32)/b9-5+/t17-,18-,22-/m0/s1. The van der Waals surface area contributed by atoms with Crippen LogP contribution in [0.1, 0.15) is 68.8 Å². The number of carbonyl (C=O) groups excluding carboxylic acids is 2. The monoisotopic (exact) mass is 458 g/mol. The summed E-state index contributed by atoms with van der Waals surface area (Å²) >= 11 is 0. The zero-order valence-electron chi connectivity index (χ0n) is 20.3. The highest BCUT2D eigenvalue weighted by Crippen LogP contribution is 2.28. The Hall–Kier alpha value is -2.61. The molecule has 0 aromatic carbocycles. The fourth-order valence-electron chi connectivity index (χ4n) is 4.50. The van der Waals surface area contributed by atoms with E-state index >= 15 is 0 Å². The van der Waals surface area contributed by atoms with E-state index in [1.807, 2.05) is 32.9 Å². The predicted molar refractivity (Wildman–Crippen MR) is 128 cm³/mol. The SMILES string of the molecule is C/C=C/c1cnc2c(c1)C(=O)N([C@@H](C)CO)C[C@H](C)[C@H](CN(C)C(=O)NC1CCCCC1)O2. The number of ether oxygens (including phenoxy) is 1. The quantitative estimate of drug-likeness (QED) is 0.682. The lowest BCUT2D eigenvalue weighted by Gasteiger charge is -2.38. The molecule has 8 nitrogen and oxygen atoms in total. The van der Waals surface area contributed by atoms with Crippen molar-refractivity contribution >= 4 is 18.0 Å². The summed E-state index contributed by atoms with van der Waals surface area (Å²) in [5, 5.41) is 12.9. The van der Waals surface area contributed by atoms with E-state index in [0.717, 1.165) is 31.2 Å². The molecule has 1 fully saturated rings. The van der Waals surface area contributed by atoms with Gasteiger partial charge < -0.3 is 25.0 Å². The number of urea groups is 1. The first kappa shape index (κ1) is 25.0. The number of carbonyl (C=O) groups is 2. The fraction of sp³-hybridized carbons (Fsp3) is 0.640. The summed E-state index contributed by atoms with van der Waals surface area (Å²) in [5.41, 5.74) is 1.18. The molecule has 2 heterocycles. The van der Waals surface area contributed by atoms with Crippen molar-refractivity contribution in [2.45, 2.75) is 71.1 Å². The van der Waals surface area contributed by atoms with Gasteiger partial charge in [0.1, 0.15) is 11.7 Å². The van der Waals surface area contributed by atoms with Gasteiger partial charge in [-0.2, -0.15) is 0 Å². The van der Waals surface area contributed by atoms with Gasteiger partial charge in [0.05, 0.1) is 19.2 Å². The summed E-state index contributed by atoms with van der Waals surface area (Å²) < 4.78 is 6.26. The van der Waals surface area contributed by atoms with Gasteiger partial charge >= 0.3 is 6.03 Å². The van der Waals surface area contributed by atoms with Crippen molar-refractivity contribution in [2.24, 2.45) is 5.92 Å². The second kappa shape index (κ2) is 11.5. The van der Waals surface area contributed by atoms with Gasteiger partial charge in [0.25, 0.3) is 5.91 Å². The molecule has 8 heteroatoms. The molecule has 2 aliphatic rings. The van der Waals surface area contributed by atoms with Crippen molar-refractivity contribution in [1.29, 1.82) is 0 Å². The van der Waals surface area contributed by atoms with Crippen molar-refractivity contribution in [3.63, 3.8) is 0 Å². The molecule has 0 unspecified atom stereocenters. The number of aliphatic hydroxyl groups is 1. The van der Waals surface area contributed by atoms with Crippen LogP contribution in [-0.4, -0.2) is 76.8 Å². The van der Waals surface area contributed by atoms with Crippen molar-refractivity contribution in [1.82, 2.24) is 20.1 Å². The minimum atomic E-state index is -0.354. The number of rotatable bonds is 6. The van der Waals surface area contributed by atoms with Gasteiger partial charge in [-0.05, 0) is 38.3 Å². The third-order valence-electron chi connectivity index (χ3n) is 6.63. The van der Waals surface area contributed by atoms with Crippen LogP contribution in [0.4, 0.5) is 4.79 Å². The molecule has 0 spiro atoms. The molecule has 0 radical (unpaired) electrons. The minimum Gasteiger partial charge on any atom is -0.472 e. The Bertz CT molecular complexity index is 853. The molecule has 0 bridgehead atoms. The van der Waals surface area contributed by atoms with Crippen molar-refractivity contribution in [3.8, 4) is 5.88 Å². The summed E-state index contributed by atoms with van der Waals surface area (Å²) in [6, 6.07) is 1.56. The number of pyridine rings is 1. The predicted octanol–water partition coefficient (Wildman–Crippen LogP) is 3.31. The molecule has 1 aromatic heterocycles. The highest BCUT2D eigenvalue weighted by atomic mass is 16.5. The lowest BCUT2D eigenvalue weighted by molar-refractivity contribution is 0.0351. The molecule has 1 aliphatic carbocycles. The largest absolute Gasteiger partial charge is 0.472 e. The Balaban J connectivity index is 1.82. The number of fused-ring (bicyclic) bond motifs is 1. The molecule has 33 heavy (non-hydrogen) atoms. The average Bonchev–Trinajstić information content (AvgIpc) is 2.82. The maximum absolute atomic E-state index is 13.3. The van der Waals surface area contributed by atoms with Crippen LogP contribution in [0.25, 0.3) is 6.08 Å². The molecule has 182 valence electrons. The molecule has 2 N–H and O–H groups in total. The average molecular weight is 459 g/mol. The van der Waals surface area contributed by atoms with Gasteiger partial charge in [-0.3, -0.25) is 4.79 Å². The highest BCUT2D eigenvalue weighted by molar-refractivity contribution is 5.97. The Labute approximate surface area is 197 Å². The van der Waals surface area contributed by atoms with E-state index in [-0.39, 0.29) is 48.5 Å². The number of aliphatic hydroxyl groups excluding tert-OH is 1. The van der Waals surface area contributed by atoms with Crippen LogP contribution in [0.5, 0.6) is 5.88 Å². The lowest BCUT2D eigenvalue weighted by atomic mass is 9.96. The van der Waals surface area contributed by atoms with E-state index in [1.54, 1.807) is 29.1 Å². The van der Waals surface area contributed by atoms with E-state index in [4.69, 9.17) is 4.74 Å². The number of hydrogen-bond acceptors (Lipinski definition) is 5. The Morgan fingerprint density at radius 2 is 2.12 bits per heavy atom. The zero-order chi connectivity index (χ0) is 24.0. The van der Waals surface area contributed by atoms with Crippen molar-refractivity contribution in [3.05, 3.63) is 29.5 Å². The second-order valence-corrected chi connectivity index (χ2v) is 9.41. The minimum absolute atomic E-state index is 0.0713.